The molecule has 48 heavy (non-hydrogen) atoms. The highest BCUT2D eigenvalue weighted by atomic mass is 35.5. The number of rotatable bonds is 6. The standard InChI is InChI=1S/C31H29ClF3N9O4/c1-3-21-25(41-10-12-42(13-11-41)28(47)23-26(45)16(2)37-15-38-23)29(48)44-30(39-22(40-44)9-6-17-4-5-17)43(21)24(27(36)46)19-8-7-18(14-20(19)32)31(33,34)35/h7-8,14-15,17,24,45H,3-5,10-13H2,1-2H3,(H2,36,46). The van der Waals surface area contributed by atoms with Gasteiger partial charge in [0.25, 0.3) is 11.5 Å². The van der Waals surface area contributed by atoms with E-state index in [4.69, 9.17) is 17.3 Å². The Morgan fingerprint density at radius 2 is 1.88 bits per heavy atom. The fourth-order valence-corrected chi connectivity index (χ4v) is 5.96. The Morgan fingerprint density at radius 3 is 2.48 bits per heavy atom. The summed E-state index contributed by atoms with van der Waals surface area (Å²) in [4.78, 5) is 56.1. The van der Waals surface area contributed by atoms with Crippen LogP contribution in [0, 0.1) is 24.7 Å². The first-order valence-corrected chi connectivity index (χ1v) is 15.4. The lowest BCUT2D eigenvalue weighted by atomic mass is 10.0. The maximum Gasteiger partial charge on any atom is 0.416 e. The number of aromatic nitrogens is 6. The number of hydrogen-bond donors (Lipinski definition) is 2. The van der Waals surface area contributed by atoms with Crippen LogP contribution < -0.4 is 16.2 Å². The molecule has 13 nitrogen and oxygen atoms in total. The first kappa shape index (κ1) is 32.8. The molecule has 17 heteroatoms. The molecular formula is C31H29ClF3N9O4. The highest BCUT2D eigenvalue weighted by Gasteiger charge is 2.36. The van der Waals surface area contributed by atoms with Gasteiger partial charge in [0.15, 0.2) is 11.4 Å². The van der Waals surface area contributed by atoms with Crippen molar-refractivity contribution in [1.82, 2.24) is 34.0 Å². The number of aryl methyl sites for hydroxylation is 1. The van der Waals surface area contributed by atoms with Gasteiger partial charge in [-0.05, 0) is 44.2 Å². The molecule has 0 spiro atoms. The van der Waals surface area contributed by atoms with E-state index in [2.05, 4.69) is 31.9 Å². The molecule has 3 aromatic heterocycles. The highest BCUT2D eigenvalue weighted by Crippen LogP contribution is 2.36. The van der Waals surface area contributed by atoms with E-state index in [1.807, 2.05) is 0 Å². The molecule has 2 aliphatic rings. The van der Waals surface area contributed by atoms with Crippen molar-refractivity contribution in [2.75, 3.05) is 31.1 Å². The van der Waals surface area contributed by atoms with Crippen molar-refractivity contribution in [1.29, 1.82) is 0 Å². The van der Waals surface area contributed by atoms with Crippen molar-refractivity contribution in [3.8, 4) is 17.6 Å². The normalized spacial score (nSPS) is 15.7. The van der Waals surface area contributed by atoms with Crippen molar-refractivity contribution in [3.63, 3.8) is 0 Å². The molecule has 1 atom stereocenters. The number of fused-ring (bicyclic) bond motifs is 1. The molecule has 2 fully saturated rings. The summed E-state index contributed by atoms with van der Waals surface area (Å²) in [6, 6.07) is 1.10. The SMILES string of the molecule is CCc1c(N2CCN(C(=O)c3ncnc(C)c3O)CC2)c(=O)n2nc(C#CC3CC3)nc2n1C(C(N)=O)c1ccc(C(F)(F)F)cc1Cl. The Balaban J connectivity index is 1.47. The van der Waals surface area contributed by atoms with E-state index in [0.29, 0.717) is 11.8 Å². The van der Waals surface area contributed by atoms with Gasteiger partial charge >= 0.3 is 6.18 Å². The Kier molecular flexibility index (Phi) is 8.50. The Bertz CT molecular complexity index is 2070. The van der Waals surface area contributed by atoms with Gasteiger partial charge in [-0.15, -0.1) is 5.10 Å². The van der Waals surface area contributed by atoms with Gasteiger partial charge in [0.1, 0.15) is 18.1 Å². The predicted molar refractivity (Wildman–Crippen MR) is 167 cm³/mol. The summed E-state index contributed by atoms with van der Waals surface area (Å²) in [5.41, 5.74) is 4.84. The summed E-state index contributed by atoms with van der Waals surface area (Å²) in [5.74, 6) is 4.22. The molecule has 0 bridgehead atoms. The minimum atomic E-state index is -4.69. The third-order valence-electron chi connectivity index (χ3n) is 8.31. The van der Waals surface area contributed by atoms with Crippen LogP contribution in [0.5, 0.6) is 5.75 Å². The number of nitrogens with two attached hydrogens (primary N) is 1. The smallest absolute Gasteiger partial charge is 0.416 e. The number of amides is 2. The van der Waals surface area contributed by atoms with Gasteiger partial charge in [-0.2, -0.15) is 22.7 Å². The summed E-state index contributed by atoms with van der Waals surface area (Å²) in [6.45, 7) is 3.89. The number of primary amides is 1. The molecule has 250 valence electrons. The van der Waals surface area contributed by atoms with Crippen molar-refractivity contribution in [3.05, 3.63) is 73.9 Å². The number of anilines is 1. The third-order valence-corrected chi connectivity index (χ3v) is 8.63. The Labute approximate surface area is 276 Å². The molecule has 4 aromatic rings. The largest absolute Gasteiger partial charge is 0.504 e. The zero-order chi connectivity index (χ0) is 34.5. The molecule has 0 radical (unpaired) electrons. The quantitative estimate of drug-likeness (QED) is 0.291. The average Bonchev–Trinajstić information content (AvgIpc) is 3.78. The maximum absolute atomic E-state index is 14.2. The van der Waals surface area contributed by atoms with Crippen LogP contribution in [0.4, 0.5) is 18.9 Å². The molecule has 3 N–H and O–H groups in total. The van der Waals surface area contributed by atoms with Gasteiger partial charge in [-0.3, -0.25) is 19.0 Å². The van der Waals surface area contributed by atoms with Crippen LogP contribution in [-0.2, 0) is 17.4 Å². The molecule has 1 aliphatic carbocycles. The Hall–Kier alpha value is -5.17. The summed E-state index contributed by atoms with van der Waals surface area (Å²) < 4.78 is 42.8. The zero-order valence-electron chi connectivity index (χ0n) is 25.8. The fraction of sp³-hybridized carbons (Fsp3) is 0.387. The molecule has 6 rings (SSSR count). The summed E-state index contributed by atoms with van der Waals surface area (Å²) in [7, 11) is 0. The van der Waals surface area contributed by atoms with E-state index in [0.717, 1.165) is 29.5 Å². The van der Waals surface area contributed by atoms with Gasteiger partial charge in [0.05, 0.1) is 17.0 Å². The topological polar surface area (TPSA) is 165 Å². The number of piperazine rings is 1. The number of benzene rings is 1. The second-order valence-corrected chi connectivity index (χ2v) is 11.9. The highest BCUT2D eigenvalue weighted by molar-refractivity contribution is 6.31. The van der Waals surface area contributed by atoms with Crippen molar-refractivity contribution >= 4 is 34.9 Å². The number of hydrogen-bond acceptors (Lipinski definition) is 9. The fourth-order valence-electron chi connectivity index (χ4n) is 5.68. The summed E-state index contributed by atoms with van der Waals surface area (Å²) in [5, 5.41) is 14.3. The first-order valence-electron chi connectivity index (χ1n) is 15.1. The lowest BCUT2D eigenvalue weighted by molar-refractivity contribution is -0.137. The van der Waals surface area contributed by atoms with Gasteiger partial charge in [-0.1, -0.05) is 30.5 Å². The predicted octanol–water partition coefficient (Wildman–Crippen LogP) is 2.73. The zero-order valence-corrected chi connectivity index (χ0v) is 26.5. The number of carbonyl (C=O) groups excluding carboxylic acids is 2. The maximum atomic E-state index is 14.2. The lowest BCUT2D eigenvalue weighted by Crippen LogP contribution is -2.51. The number of carbonyl (C=O) groups is 2. The third kappa shape index (κ3) is 6.01. The van der Waals surface area contributed by atoms with Gasteiger partial charge in [0.2, 0.25) is 17.5 Å². The van der Waals surface area contributed by atoms with Crippen LogP contribution in [0.3, 0.4) is 0 Å². The van der Waals surface area contributed by atoms with Crippen LogP contribution >= 0.6 is 11.6 Å². The lowest BCUT2D eigenvalue weighted by Gasteiger charge is -2.37. The van der Waals surface area contributed by atoms with E-state index in [-0.39, 0.29) is 83.5 Å². The number of alkyl halides is 3. The number of halogens is 4. The minimum Gasteiger partial charge on any atom is -0.504 e. The van der Waals surface area contributed by atoms with Crippen LogP contribution in [-0.4, -0.2) is 77.1 Å². The van der Waals surface area contributed by atoms with E-state index >= 15 is 0 Å². The molecule has 4 heterocycles. The van der Waals surface area contributed by atoms with Crippen LogP contribution in [0.2, 0.25) is 5.02 Å². The van der Waals surface area contributed by atoms with Gasteiger partial charge in [-0.25, -0.2) is 9.97 Å². The monoisotopic (exact) mass is 683 g/mol. The Morgan fingerprint density at radius 1 is 1.17 bits per heavy atom. The van der Waals surface area contributed by atoms with E-state index < -0.39 is 35.2 Å². The minimum absolute atomic E-state index is 0.0176. The van der Waals surface area contributed by atoms with Crippen LogP contribution in [0.15, 0.2) is 29.3 Å². The summed E-state index contributed by atoms with van der Waals surface area (Å²) in [6.07, 6.45) is -1.49. The first-order chi connectivity index (χ1) is 22.8. The van der Waals surface area contributed by atoms with Crippen molar-refractivity contribution in [2.24, 2.45) is 11.7 Å². The molecule has 1 aliphatic heterocycles. The number of aromatic hydroxyl groups is 1. The molecule has 2 amide bonds. The van der Waals surface area contributed by atoms with Crippen molar-refractivity contribution in [2.45, 2.75) is 45.3 Å². The average molecular weight is 684 g/mol. The molecular weight excluding hydrogens is 655 g/mol. The molecule has 1 saturated carbocycles. The van der Waals surface area contributed by atoms with Gasteiger partial charge in [0, 0.05) is 42.7 Å². The molecule has 1 aromatic carbocycles. The van der Waals surface area contributed by atoms with Gasteiger partial charge < -0.3 is 20.6 Å². The van der Waals surface area contributed by atoms with Crippen LogP contribution in [0.25, 0.3) is 5.78 Å². The summed E-state index contributed by atoms with van der Waals surface area (Å²) >= 11 is 6.38. The number of nitrogens with zero attached hydrogens (tertiary/aromatic N) is 8. The van der Waals surface area contributed by atoms with E-state index in [1.54, 1.807) is 18.7 Å². The van der Waals surface area contributed by atoms with Crippen molar-refractivity contribution < 1.29 is 27.9 Å². The van der Waals surface area contributed by atoms with Crippen LogP contribution in [0.1, 0.15) is 64.6 Å². The molecule has 1 saturated heterocycles. The second kappa shape index (κ2) is 12.5. The second-order valence-electron chi connectivity index (χ2n) is 11.5. The van der Waals surface area contributed by atoms with E-state index in [9.17, 15) is 32.7 Å². The molecule has 1 unspecified atom stereocenters. The van der Waals surface area contributed by atoms with E-state index in [1.165, 1.54) is 15.8 Å².